The average Bonchev–Trinajstić information content (AvgIpc) is 3.25. The van der Waals surface area contributed by atoms with E-state index in [1.165, 1.54) is 0 Å². The number of aromatic nitrogens is 1. The molecule has 0 atom stereocenters. The van der Waals surface area contributed by atoms with Crippen molar-refractivity contribution in [1.29, 1.82) is 0 Å². The maximum Gasteiger partial charge on any atom is 0.310 e. The first-order valence-electron chi connectivity index (χ1n) is 7.01. The Kier molecular flexibility index (Phi) is 4.73. The number of rotatable bonds is 6. The van der Waals surface area contributed by atoms with Crippen molar-refractivity contribution in [3.63, 3.8) is 0 Å². The zero-order valence-electron chi connectivity index (χ0n) is 12.5. The highest BCUT2D eigenvalue weighted by molar-refractivity contribution is 7.07. The fourth-order valence-electron chi connectivity index (χ4n) is 2.04. The van der Waals surface area contributed by atoms with Crippen molar-refractivity contribution in [3.8, 4) is 17.0 Å². The predicted octanol–water partition coefficient (Wildman–Crippen LogP) is 3.70. The van der Waals surface area contributed by atoms with E-state index < -0.39 is 0 Å². The predicted molar refractivity (Wildman–Crippen MR) is 86.3 cm³/mol. The van der Waals surface area contributed by atoms with Crippen molar-refractivity contribution in [2.24, 2.45) is 0 Å². The molecule has 0 bridgehead atoms. The van der Waals surface area contributed by atoms with Crippen LogP contribution in [0.15, 0.2) is 51.7 Å². The van der Waals surface area contributed by atoms with Gasteiger partial charge in [-0.25, -0.2) is 0 Å². The molecular formula is C17H15NO4S. The molecule has 0 saturated carbocycles. The zero-order valence-corrected chi connectivity index (χ0v) is 13.3. The Morgan fingerprint density at radius 2 is 2.09 bits per heavy atom. The van der Waals surface area contributed by atoms with E-state index in [0.29, 0.717) is 11.5 Å². The quantitative estimate of drug-likeness (QED) is 0.645. The minimum absolute atomic E-state index is 0.0755. The fraction of sp³-hybridized carbons (Fsp3) is 0.176. The number of hydrogen-bond acceptors (Lipinski definition) is 6. The number of ether oxygens (including phenoxy) is 2. The summed E-state index contributed by atoms with van der Waals surface area (Å²) in [6, 6.07) is 11.2. The van der Waals surface area contributed by atoms with E-state index in [-0.39, 0.29) is 19.0 Å². The topological polar surface area (TPSA) is 61.6 Å². The van der Waals surface area contributed by atoms with Gasteiger partial charge in [0.05, 0.1) is 13.5 Å². The average molecular weight is 329 g/mol. The standard InChI is InChI=1S/C17H15NO4S/c1-20-14-4-2-13(3-5-14)16-9-15(22-18-16)10-21-17(19)8-12-6-7-23-11-12/h2-7,9,11H,8,10H2,1H3. The van der Waals surface area contributed by atoms with Crippen LogP contribution in [0.2, 0.25) is 0 Å². The van der Waals surface area contributed by atoms with Crippen LogP contribution < -0.4 is 4.74 Å². The molecule has 3 aromatic rings. The van der Waals surface area contributed by atoms with E-state index >= 15 is 0 Å². The molecule has 0 N–H and O–H groups in total. The fourth-order valence-corrected chi connectivity index (χ4v) is 2.71. The van der Waals surface area contributed by atoms with Gasteiger partial charge in [-0.3, -0.25) is 4.79 Å². The molecule has 3 rings (SSSR count). The van der Waals surface area contributed by atoms with E-state index in [4.69, 9.17) is 14.0 Å². The maximum atomic E-state index is 11.7. The smallest absolute Gasteiger partial charge is 0.310 e. The summed E-state index contributed by atoms with van der Waals surface area (Å²) in [6.45, 7) is 0.0755. The van der Waals surface area contributed by atoms with Gasteiger partial charge >= 0.3 is 5.97 Å². The van der Waals surface area contributed by atoms with Crippen LogP contribution in [-0.2, 0) is 22.6 Å². The molecule has 118 valence electrons. The minimum Gasteiger partial charge on any atom is -0.497 e. The first kappa shape index (κ1) is 15.3. The largest absolute Gasteiger partial charge is 0.497 e. The van der Waals surface area contributed by atoms with Gasteiger partial charge in [0, 0.05) is 11.6 Å². The van der Waals surface area contributed by atoms with Crippen LogP contribution in [0, 0.1) is 0 Å². The molecular weight excluding hydrogens is 314 g/mol. The lowest BCUT2D eigenvalue weighted by Gasteiger charge is -2.00. The lowest BCUT2D eigenvalue weighted by molar-refractivity contribution is -0.144. The highest BCUT2D eigenvalue weighted by atomic mass is 32.1. The number of nitrogens with zero attached hydrogens (tertiary/aromatic N) is 1. The normalized spacial score (nSPS) is 10.5. The third-order valence-electron chi connectivity index (χ3n) is 3.25. The number of hydrogen-bond donors (Lipinski definition) is 0. The Morgan fingerprint density at radius 1 is 1.26 bits per heavy atom. The van der Waals surface area contributed by atoms with Crippen LogP contribution in [0.5, 0.6) is 5.75 Å². The number of benzene rings is 1. The van der Waals surface area contributed by atoms with Crippen LogP contribution in [-0.4, -0.2) is 18.2 Å². The summed E-state index contributed by atoms with van der Waals surface area (Å²) < 4.78 is 15.5. The van der Waals surface area contributed by atoms with Crippen molar-refractivity contribution in [3.05, 3.63) is 58.5 Å². The maximum absolute atomic E-state index is 11.7. The van der Waals surface area contributed by atoms with E-state index in [1.807, 2.05) is 41.1 Å². The number of methoxy groups -OCH3 is 1. The van der Waals surface area contributed by atoms with Crippen molar-refractivity contribution >= 4 is 17.3 Å². The number of carbonyl (C=O) groups excluding carboxylic acids is 1. The van der Waals surface area contributed by atoms with Crippen molar-refractivity contribution in [2.75, 3.05) is 7.11 Å². The van der Waals surface area contributed by atoms with E-state index in [1.54, 1.807) is 24.5 Å². The first-order chi connectivity index (χ1) is 11.2. The van der Waals surface area contributed by atoms with Crippen LogP contribution in [0.25, 0.3) is 11.3 Å². The van der Waals surface area contributed by atoms with E-state index in [2.05, 4.69) is 5.16 Å². The molecule has 0 saturated heterocycles. The van der Waals surface area contributed by atoms with Crippen LogP contribution in [0.1, 0.15) is 11.3 Å². The second kappa shape index (κ2) is 7.11. The Bertz CT molecular complexity index is 762. The summed E-state index contributed by atoms with van der Waals surface area (Å²) >= 11 is 1.55. The second-order valence-electron chi connectivity index (χ2n) is 4.88. The minimum atomic E-state index is -0.286. The monoisotopic (exact) mass is 329 g/mol. The van der Waals surface area contributed by atoms with Crippen LogP contribution in [0.4, 0.5) is 0 Å². The SMILES string of the molecule is COc1ccc(-c2cc(COC(=O)Cc3ccsc3)on2)cc1. The van der Waals surface area contributed by atoms with Gasteiger partial charge in [-0.2, -0.15) is 11.3 Å². The van der Waals surface area contributed by atoms with Gasteiger partial charge in [0.25, 0.3) is 0 Å². The Morgan fingerprint density at radius 3 is 2.78 bits per heavy atom. The molecule has 0 fully saturated rings. The summed E-state index contributed by atoms with van der Waals surface area (Å²) in [5.74, 6) is 1.00. The van der Waals surface area contributed by atoms with Gasteiger partial charge in [-0.15, -0.1) is 0 Å². The number of esters is 1. The molecule has 0 spiro atoms. The molecule has 1 aromatic carbocycles. The second-order valence-corrected chi connectivity index (χ2v) is 5.66. The lowest BCUT2D eigenvalue weighted by atomic mass is 10.1. The lowest BCUT2D eigenvalue weighted by Crippen LogP contribution is -2.06. The number of carbonyl (C=O) groups is 1. The Hall–Kier alpha value is -2.60. The van der Waals surface area contributed by atoms with Crippen molar-refractivity contribution in [1.82, 2.24) is 5.16 Å². The molecule has 0 radical (unpaired) electrons. The molecule has 6 heteroatoms. The third kappa shape index (κ3) is 3.98. The first-order valence-corrected chi connectivity index (χ1v) is 7.95. The van der Waals surface area contributed by atoms with Gasteiger partial charge in [0.1, 0.15) is 11.4 Å². The van der Waals surface area contributed by atoms with Gasteiger partial charge in [0.2, 0.25) is 0 Å². The van der Waals surface area contributed by atoms with Gasteiger partial charge in [-0.1, -0.05) is 5.16 Å². The van der Waals surface area contributed by atoms with Gasteiger partial charge in [-0.05, 0) is 46.7 Å². The molecule has 2 heterocycles. The molecule has 0 unspecified atom stereocenters. The van der Waals surface area contributed by atoms with Crippen LogP contribution in [0.3, 0.4) is 0 Å². The summed E-state index contributed by atoms with van der Waals surface area (Å²) in [5.41, 5.74) is 2.55. The molecule has 0 aliphatic rings. The Labute approximate surface area is 137 Å². The van der Waals surface area contributed by atoms with Crippen molar-refractivity contribution in [2.45, 2.75) is 13.0 Å². The summed E-state index contributed by atoms with van der Waals surface area (Å²) in [4.78, 5) is 11.7. The summed E-state index contributed by atoms with van der Waals surface area (Å²) in [5, 5.41) is 7.85. The third-order valence-corrected chi connectivity index (χ3v) is 3.98. The molecule has 0 aliphatic carbocycles. The molecule has 0 amide bonds. The summed E-state index contributed by atoms with van der Waals surface area (Å²) in [6.07, 6.45) is 0.267. The Balaban J connectivity index is 1.57. The molecule has 0 aliphatic heterocycles. The van der Waals surface area contributed by atoms with E-state index in [0.717, 1.165) is 16.9 Å². The molecule has 2 aromatic heterocycles. The highest BCUT2D eigenvalue weighted by Crippen LogP contribution is 2.22. The molecule has 23 heavy (non-hydrogen) atoms. The number of thiophene rings is 1. The van der Waals surface area contributed by atoms with Crippen LogP contribution >= 0.6 is 11.3 Å². The molecule has 5 nitrogen and oxygen atoms in total. The van der Waals surface area contributed by atoms with Gasteiger partial charge in [0.15, 0.2) is 12.4 Å². The van der Waals surface area contributed by atoms with E-state index in [9.17, 15) is 4.79 Å². The zero-order chi connectivity index (χ0) is 16.1. The summed E-state index contributed by atoms with van der Waals surface area (Å²) in [7, 11) is 1.62. The van der Waals surface area contributed by atoms with Gasteiger partial charge < -0.3 is 14.0 Å². The van der Waals surface area contributed by atoms with Crippen molar-refractivity contribution < 1.29 is 18.8 Å². The highest BCUT2D eigenvalue weighted by Gasteiger charge is 2.10.